The maximum absolute atomic E-state index is 11.7. The van der Waals surface area contributed by atoms with E-state index in [0.717, 1.165) is 12.8 Å². The molecule has 18 heavy (non-hydrogen) atoms. The van der Waals surface area contributed by atoms with Gasteiger partial charge in [-0.2, -0.15) is 0 Å². The molecular formula is C13H24N2O3. The SMILES string of the molecule is CC(NC(=O)N[C@H](C(=O)O)C(C)C)C1CCCC1. The van der Waals surface area contributed by atoms with E-state index < -0.39 is 12.0 Å². The first-order valence-corrected chi connectivity index (χ1v) is 6.71. The number of carboxylic acid groups (broad SMARTS) is 1. The van der Waals surface area contributed by atoms with Crippen molar-refractivity contribution in [3.8, 4) is 0 Å². The number of aliphatic carboxylic acids is 1. The summed E-state index contributed by atoms with van der Waals surface area (Å²) in [6.07, 6.45) is 4.74. The number of hydrogen-bond donors (Lipinski definition) is 3. The van der Waals surface area contributed by atoms with Gasteiger partial charge in [-0.05, 0) is 31.6 Å². The minimum atomic E-state index is -0.992. The van der Waals surface area contributed by atoms with E-state index in [9.17, 15) is 9.59 Å². The Morgan fingerprint density at radius 2 is 1.67 bits per heavy atom. The Hall–Kier alpha value is -1.26. The van der Waals surface area contributed by atoms with Gasteiger partial charge in [0, 0.05) is 6.04 Å². The van der Waals surface area contributed by atoms with Gasteiger partial charge in [-0.15, -0.1) is 0 Å². The quantitative estimate of drug-likeness (QED) is 0.703. The van der Waals surface area contributed by atoms with Crippen molar-refractivity contribution in [3.05, 3.63) is 0 Å². The van der Waals surface area contributed by atoms with Crippen LogP contribution in [0.15, 0.2) is 0 Å². The summed E-state index contributed by atoms with van der Waals surface area (Å²) in [4.78, 5) is 22.7. The van der Waals surface area contributed by atoms with E-state index in [1.54, 1.807) is 13.8 Å². The number of carbonyl (C=O) groups excluding carboxylic acids is 1. The second-order valence-corrected chi connectivity index (χ2v) is 5.51. The molecule has 0 spiro atoms. The second-order valence-electron chi connectivity index (χ2n) is 5.51. The fourth-order valence-corrected chi connectivity index (χ4v) is 2.48. The van der Waals surface area contributed by atoms with Gasteiger partial charge >= 0.3 is 12.0 Å². The van der Waals surface area contributed by atoms with Crippen LogP contribution in [0.25, 0.3) is 0 Å². The van der Waals surface area contributed by atoms with Crippen LogP contribution >= 0.6 is 0 Å². The lowest BCUT2D eigenvalue weighted by Gasteiger charge is -2.23. The molecular weight excluding hydrogens is 232 g/mol. The number of hydrogen-bond acceptors (Lipinski definition) is 2. The molecule has 2 amide bonds. The summed E-state index contributed by atoms with van der Waals surface area (Å²) in [5.74, 6) is -0.596. The molecule has 5 heteroatoms. The van der Waals surface area contributed by atoms with Gasteiger partial charge in [0.1, 0.15) is 6.04 Å². The standard InChI is InChI=1S/C13H24N2O3/c1-8(2)11(12(16)17)15-13(18)14-9(3)10-6-4-5-7-10/h8-11H,4-7H2,1-3H3,(H,16,17)(H2,14,15,18)/t9?,11-/m0/s1. The second kappa shape index (κ2) is 6.61. The predicted molar refractivity (Wildman–Crippen MR) is 69.3 cm³/mol. The Morgan fingerprint density at radius 3 is 2.11 bits per heavy atom. The molecule has 2 atom stereocenters. The van der Waals surface area contributed by atoms with E-state index in [1.807, 2.05) is 6.92 Å². The molecule has 1 aliphatic rings. The Kier molecular flexibility index (Phi) is 5.44. The molecule has 1 unspecified atom stereocenters. The number of carboxylic acids is 1. The van der Waals surface area contributed by atoms with Crippen LogP contribution in [0.4, 0.5) is 4.79 Å². The van der Waals surface area contributed by atoms with Gasteiger partial charge in [0.25, 0.3) is 0 Å². The Balaban J connectivity index is 2.42. The maximum atomic E-state index is 11.7. The Morgan fingerprint density at radius 1 is 1.11 bits per heavy atom. The maximum Gasteiger partial charge on any atom is 0.326 e. The summed E-state index contributed by atoms with van der Waals surface area (Å²) >= 11 is 0. The molecule has 0 aromatic rings. The summed E-state index contributed by atoms with van der Waals surface area (Å²) in [7, 11) is 0. The van der Waals surface area contributed by atoms with Crippen molar-refractivity contribution in [1.29, 1.82) is 0 Å². The molecule has 5 nitrogen and oxygen atoms in total. The zero-order valence-corrected chi connectivity index (χ0v) is 11.4. The molecule has 104 valence electrons. The summed E-state index contributed by atoms with van der Waals surface area (Å²) in [5, 5.41) is 14.4. The number of amides is 2. The fraction of sp³-hybridized carbons (Fsp3) is 0.846. The third-order valence-corrected chi connectivity index (χ3v) is 3.69. The highest BCUT2D eigenvalue weighted by Gasteiger charge is 2.26. The minimum Gasteiger partial charge on any atom is -0.480 e. The van der Waals surface area contributed by atoms with E-state index >= 15 is 0 Å². The molecule has 1 rings (SSSR count). The van der Waals surface area contributed by atoms with Crippen molar-refractivity contribution in [2.45, 2.75) is 58.5 Å². The Labute approximate surface area is 108 Å². The molecule has 3 N–H and O–H groups in total. The number of carbonyl (C=O) groups is 2. The van der Waals surface area contributed by atoms with E-state index in [4.69, 9.17) is 5.11 Å². The van der Waals surface area contributed by atoms with Gasteiger partial charge < -0.3 is 15.7 Å². The lowest BCUT2D eigenvalue weighted by atomic mass is 10.00. The van der Waals surface area contributed by atoms with Crippen LogP contribution in [0.3, 0.4) is 0 Å². The van der Waals surface area contributed by atoms with Crippen LogP contribution in [0.2, 0.25) is 0 Å². The highest BCUT2D eigenvalue weighted by Crippen LogP contribution is 2.27. The summed E-state index contributed by atoms with van der Waals surface area (Å²) in [5.41, 5.74) is 0. The first-order chi connectivity index (χ1) is 8.41. The molecule has 0 aromatic carbocycles. The van der Waals surface area contributed by atoms with Crippen LogP contribution in [0.1, 0.15) is 46.5 Å². The third kappa shape index (κ3) is 4.20. The van der Waals surface area contributed by atoms with E-state index in [0.29, 0.717) is 5.92 Å². The lowest BCUT2D eigenvalue weighted by Crippen LogP contribution is -2.51. The molecule has 1 aliphatic carbocycles. The monoisotopic (exact) mass is 256 g/mol. The average Bonchev–Trinajstić information content (AvgIpc) is 2.78. The molecule has 0 saturated heterocycles. The highest BCUT2D eigenvalue weighted by molar-refractivity contribution is 5.82. The molecule has 0 radical (unpaired) electrons. The van der Waals surface area contributed by atoms with Crippen molar-refractivity contribution in [2.75, 3.05) is 0 Å². The van der Waals surface area contributed by atoms with Crippen molar-refractivity contribution < 1.29 is 14.7 Å². The van der Waals surface area contributed by atoms with Crippen LogP contribution in [0, 0.1) is 11.8 Å². The number of rotatable bonds is 5. The van der Waals surface area contributed by atoms with E-state index in [1.165, 1.54) is 12.8 Å². The van der Waals surface area contributed by atoms with Crippen LogP contribution in [0.5, 0.6) is 0 Å². The smallest absolute Gasteiger partial charge is 0.326 e. The predicted octanol–water partition coefficient (Wildman–Crippen LogP) is 1.97. The van der Waals surface area contributed by atoms with Crippen molar-refractivity contribution in [2.24, 2.45) is 11.8 Å². The van der Waals surface area contributed by atoms with Crippen molar-refractivity contribution in [1.82, 2.24) is 10.6 Å². The third-order valence-electron chi connectivity index (χ3n) is 3.69. The first kappa shape index (κ1) is 14.8. The van der Waals surface area contributed by atoms with Gasteiger partial charge in [-0.3, -0.25) is 0 Å². The van der Waals surface area contributed by atoms with Crippen LogP contribution in [-0.2, 0) is 4.79 Å². The molecule has 1 saturated carbocycles. The van der Waals surface area contributed by atoms with Crippen LogP contribution in [-0.4, -0.2) is 29.2 Å². The van der Waals surface area contributed by atoms with Gasteiger partial charge in [0.15, 0.2) is 0 Å². The van der Waals surface area contributed by atoms with E-state index in [-0.39, 0.29) is 18.0 Å². The van der Waals surface area contributed by atoms with Crippen molar-refractivity contribution >= 4 is 12.0 Å². The zero-order chi connectivity index (χ0) is 13.7. The normalized spacial score (nSPS) is 19.6. The van der Waals surface area contributed by atoms with E-state index in [2.05, 4.69) is 10.6 Å². The van der Waals surface area contributed by atoms with Crippen molar-refractivity contribution in [3.63, 3.8) is 0 Å². The number of nitrogens with one attached hydrogen (secondary N) is 2. The van der Waals surface area contributed by atoms with Gasteiger partial charge in [-0.25, -0.2) is 9.59 Å². The number of urea groups is 1. The topological polar surface area (TPSA) is 78.4 Å². The highest BCUT2D eigenvalue weighted by atomic mass is 16.4. The molecule has 1 fully saturated rings. The molecule has 0 bridgehead atoms. The Bertz CT molecular complexity index is 299. The molecule has 0 heterocycles. The minimum absolute atomic E-state index is 0.106. The van der Waals surface area contributed by atoms with Gasteiger partial charge in [-0.1, -0.05) is 26.7 Å². The first-order valence-electron chi connectivity index (χ1n) is 6.71. The average molecular weight is 256 g/mol. The van der Waals surface area contributed by atoms with Gasteiger partial charge in [0.2, 0.25) is 0 Å². The lowest BCUT2D eigenvalue weighted by molar-refractivity contribution is -0.140. The van der Waals surface area contributed by atoms with Gasteiger partial charge in [0.05, 0.1) is 0 Å². The summed E-state index contributed by atoms with van der Waals surface area (Å²) in [6, 6.07) is -1.11. The molecule has 0 aliphatic heterocycles. The summed E-state index contributed by atoms with van der Waals surface area (Å²) < 4.78 is 0. The summed E-state index contributed by atoms with van der Waals surface area (Å²) in [6.45, 7) is 5.54. The zero-order valence-electron chi connectivity index (χ0n) is 11.4. The van der Waals surface area contributed by atoms with Crippen LogP contribution < -0.4 is 10.6 Å². The molecule has 0 aromatic heterocycles. The fourth-order valence-electron chi connectivity index (χ4n) is 2.48. The largest absolute Gasteiger partial charge is 0.480 e.